The molecule has 0 saturated heterocycles. The molecule has 172 valence electrons. The van der Waals surface area contributed by atoms with Gasteiger partial charge in [-0.15, -0.1) is 0 Å². The first-order valence-electron chi connectivity index (χ1n) is 10.2. The molecule has 0 aliphatic rings. The number of para-hydroxylation sites is 1. The van der Waals surface area contributed by atoms with Crippen molar-refractivity contribution in [2.45, 2.75) is 6.92 Å². The van der Waals surface area contributed by atoms with Gasteiger partial charge in [0.15, 0.2) is 11.5 Å². The van der Waals surface area contributed by atoms with Crippen LogP contribution in [-0.4, -0.2) is 45.9 Å². The van der Waals surface area contributed by atoms with Crippen molar-refractivity contribution in [3.05, 3.63) is 65.2 Å². The molecule has 33 heavy (non-hydrogen) atoms. The van der Waals surface area contributed by atoms with E-state index in [1.807, 2.05) is 37.3 Å². The molecule has 0 aliphatic carbocycles. The van der Waals surface area contributed by atoms with Gasteiger partial charge in [0.2, 0.25) is 0 Å². The summed E-state index contributed by atoms with van der Waals surface area (Å²) >= 11 is 0. The summed E-state index contributed by atoms with van der Waals surface area (Å²) in [5, 5.41) is 11.9. The molecule has 8 heteroatoms. The van der Waals surface area contributed by atoms with Crippen LogP contribution in [0, 0.1) is 11.3 Å². The number of rotatable bonds is 11. The van der Waals surface area contributed by atoms with Gasteiger partial charge in [-0.2, -0.15) is 5.26 Å². The summed E-state index contributed by atoms with van der Waals surface area (Å²) in [5.41, 5.74) is 1.21. The van der Waals surface area contributed by atoms with Crippen LogP contribution in [0.4, 0.5) is 0 Å². The highest BCUT2D eigenvalue weighted by Gasteiger charge is 2.12. The Morgan fingerprint density at radius 1 is 1.09 bits per heavy atom. The summed E-state index contributed by atoms with van der Waals surface area (Å²) in [5.74, 6) is 0.0275. The molecule has 0 saturated carbocycles. The van der Waals surface area contributed by atoms with Crippen LogP contribution in [0.5, 0.6) is 17.2 Å². The number of carbonyl (C=O) groups excluding carboxylic acids is 2. The Hall–Kier alpha value is -4.09. The van der Waals surface area contributed by atoms with Gasteiger partial charge in [-0.3, -0.25) is 4.79 Å². The van der Waals surface area contributed by atoms with E-state index in [9.17, 15) is 14.9 Å². The van der Waals surface area contributed by atoms with Crippen molar-refractivity contribution in [3.63, 3.8) is 0 Å². The number of carbonyl (C=O) groups is 2. The lowest BCUT2D eigenvalue weighted by Crippen LogP contribution is -2.27. The zero-order chi connectivity index (χ0) is 24.1. The average Bonchev–Trinajstić information content (AvgIpc) is 2.83. The van der Waals surface area contributed by atoms with Gasteiger partial charge in [0, 0.05) is 25.3 Å². The second kappa shape index (κ2) is 13.3. The quantitative estimate of drug-likeness (QED) is 0.184. The van der Waals surface area contributed by atoms with Crippen LogP contribution in [0.15, 0.2) is 54.1 Å². The number of nitrogens with one attached hydrogen (secondary N) is 1. The summed E-state index contributed by atoms with van der Waals surface area (Å²) in [6.07, 6.45) is 4.32. The zero-order valence-electron chi connectivity index (χ0n) is 18.8. The predicted octanol–water partition coefficient (Wildman–Crippen LogP) is 3.38. The van der Waals surface area contributed by atoms with Crippen molar-refractivity contribution < 1.29 is 28.5 Å². The van der Waals surface area contributed by atoms with E-state index in [0.717, 1.165) is 5.56 Å². The Labute approximate surface area is 193 Å². The fraction of sp³-hybridized carbons (Fsp3) is 0.240. The molecule has 8 nitrogen and oxygen atoms in total. The van der Waals surface area contributed by atoms with Crippen LogP contribution in [-0.2, 0) is 14.3 Å². The third-order valence-corrected chi connectivity index (χ3v) is 4.28. The van der Waals surface area contributed by atoms with E-state index in [0.29, 0.717) is 24.5 Å². The third kappa shape index (κ3) is 7.83. The fourth-order valence-corrected chi connectivity index (χ4v) is 2.74. The highest BCUT2D eigenvalue weighted by atomic mass is 16.6. The average molecular weight is 450 g/mol. The lowest BCUT2D eigenvalue weighted by molar-refractivity contribution is -0.129. The minimum atomic E-state index is -0.599. The Bertz CT molecular complexity index is 1070. The van der Waals surface area contributed by atoms with Crippen molar-refractivity contribution >= 4 is 24.0 Å². The first kappa shape index (κ1) is 25.2. The van der Waals surface area contributed by atoms with Crippen molar-refractivity contribution in [3.8, 4) is 23.3 Å². The van der Waals surface area contributed by atoms with Gasteiger partial charge in [0.1, 0.15) is 17.4 Å². The van der Waals surface area contributed by atoms with Gasteiger partial charge in [0.25, 0.3) is 5.91 Å². The number of hydrogen-bond donors (Lipinski definition) is 1. The molecule has 0 bridgehead atoms. The number of benzene rings is 2. The lowest BCUT2D eigenvalue weighted by Gasteiger charge is -2.09. The van der Waals surface area contributed by atoms with Gasteiger partial charge in [-0.05, 0) is 42.8 Å². The first-order chi connectivity index (χ1) is 16.0. The van der Waals surface area contributed by atoms with E-state index in [2.05, 4.69) is 5.32 Å². The number of esters is 1. The van der Waals surface area contributed by atoms with Crippen molar-refractivity contribution in [2.24, 2.45) is 0 Å². The molecule has 1 N–H and O–H groups in total. The minimum Gasteiger partial charge on any atom is -0.493 e. The summed E-state index contributed by atoms with van der Waals surface area (Å²) in [4.78, 5) is 24.4. The van der Waals surface area contributed by atoms with Gasteiger partial charge in [0.05, 0.1) is 20.3 Å². The standard InChI is InChI=1S/C25H26N2O6/c1-4-32-21-8-6-5-7-19(21)10-12-24(28)33-22-11-9-18(16-23(22)31-3)15-20(17-26)25(29)27-13-14-30-2/h5-12,15-16H,4,13-14H2,1-3H3,(H,27,29)/b12-10+,20-15+. The van der Waals surface area contributed by atoms with E-state index in [-0.39, 0.29) is 23.6 Å². The molecule has 0 aliphatic heterocycles. The Morgan fingerprint density at radius 2 is 1.88 bits per heavy atom. The molecule has 0 atom stereocenters. The second-order valence-corrected chi connectivity index (χ2v) is 6.55. The van der Waals surface area contributed by atoms with Crippen LogP contribution < -0.4 is 19.5 Å². The summed E-state index contributed by atoms with van der Waals surface area (Å²) < 4.78 is 21.1. The highest BCUT2D eigenvalue weighted by Crippen LogP contribution is 2.29. The SMILES string of the molecule is CCOc1ccccc1/C=C/C(=O)Oc1ccc(/C=C(\C#N)C(=O)NCCOC)cc1OC. The van der Waals surface area contributed by atoms with Gasteiger partial charge >= 0.3 is 5.97 Å². The van der Waals surface area contributed by atoms with Crippen LogP contribution in [0.25, 0.3) is 12.2 Å². The minimum absolute atomic E-state index is 0.0752. The Balaban J connectivity index is 2.14. The zero-order valence-corrected chi connectivity index (χ0v) is 18.8. The van der Waals surface area contributed by atoms with Gasteiger partial charge in [-0.25, -0.2) is 4.79 Å². The second-order valence-electron chi connectivity index (χ2n) is 6.55. The topological polar surface area (TPSA) is 107 Å². The summed E-state index contributed by atoms with van der Waals surface area (Å²) in [6, 6.07) is 13.9. The smallest absolute Gasteiger partial charge is 0.336 e. The number of ether oxygens (including phenoxy) is 4. The summed E-state index contributed by atoms with van der Waals surface area (Å²) in [7, 11) is 2.94. The molecule has 0 radical (unpaired) electrons. The molecular formula is C25H26N2O6. The molecule has 2 rings (SSSR count). The van der Waals surface area contributed by atoms with Crippen LogP contribution in [0.1, 0.15) is 18.1 Å². The largest absolute Gasteiger partial charge is 0.493 e. The van der Waals surface area contributed by atoms with E-state index >= 15 is 0 Å². The normalized spacial score (nSPS) is 11.0. The predicted molar refractivity (Wildman–Crippen MR) is 124 cm³/mol. The molecule has 2 aromatic carbocycles. The van der Waals surface area contributed by atoms with Crippen molar-refractivity contribution in [1.82, 2.24) is 5.32 Å². The molecule has 2 aromatic rings. The van der Waals surface area contributed by atoms with Gasteiger partial charge < -0.3 is 24.3 Å². The highest BCUT2D eigenvalue weighted by molar-refractivity contribution is 6.01. The van der Waals surface area contributed by atoms with Crippen molar-refractivity contribution in [2.75, 3.05) is 34.0 Å². The van der Waals surface area contributed by atoms with Gasteiger partial charge in [-0.1, -0.05) is 24.3 Å². The molecule has 0 aromatic heterocycles. The monoisotopic (exact) mass is 450 g/mol. The van der Waals surface area contributed by atoms with E-state index < -0.39 is 11.9 Å². The number of nitriles is 1. The molecule has 1 amide bonds. The van der Waals surface area contributed by atoms with E-state index in [1.165, 1.54) is 32.4 Å². The summed E-state index contributed by atoms with van der Waals surface area (Å²) in [6.45, 7) is 3.02. The van der Waals surface area contributed by atoms with E-state index in [1.54, 1.807) is 18.2 Å². The molecule has 0 fully saturated rings. The maximum absolute atomic E-state index is 12.3. The Kier molecular flexibility index (Phi) is 10.2. The molecular weight excluding hydrogens is 424 g/mol. The first-order valence-corrected chi connectivity index (χ1v) is 10.2. The van der Waals surface area contributed by atoms with E-state index in [4.69, 9.17) is 18.9 Å². The number of amides is 1. The number of nitrogens with zero attached hydrogens (tertiary/aromatic N) is 1. The molecule has 0 heterocycles. The van der Waals surface area contributed by atoms with Crippen LogP contribution in [0.2, 0.25) is 0 Å². The van der Waals surface area contributed by atoms with Crippen LogP contribution in [0.3, 0.4) is 0 Å². The Morgan fingerprint density at radius 3 is 2.58 bits per heavy atom. The van der Waals surface area contributed by atoms with Crippen molar-refractivity contribution in [1.29, 1.82) is 5.26 Å². The van der Waals surface area contributed by atoms with Crippen LogP contribution >= 0.6 is 0 Å². The third-order valence-electron chi connectivity index (χ3n) is 4.28. The lowest BCUT2D eigenvalue weighted by atomic mass is 10.1. The fourth-order valence-electron chi connectivity index (χ4n) is 2.74. The maximum atomic E-state index is 12.3. The molecule has 0 spiro atoms. The maximum Gasteiger partial charge on any atom is 0.336 e. The molecule has 0 unspecified atom stereocenters. The number of hydrogen-bond acceptors (Lipinski definition) is 7. The number of methoxy groups -OCH3 is 2.